The van der Waals surface area contributed by atoms with E-state index in [2.05, 4.69) is 20.3 Å². The van der Waals surface area contributed by atoms with E-state index in [4.69, 9.17) is 21.1 Å². The number of benzene rings is 1. The van der Waals surface area contributed by atoms with Gasteiger partial charge in [0.25, 0.3) is 5.91 Å². The molecule has 0 radical (unpaired) electrons. The normalized spacial score (nSPS) is 15.3. The number of halogens is 4. The number of alkyl halides is 3. The lowest BCUT2D eigenvalue weighted by molar-refractivity contribution is -0.146. The summed E-state index contributed by atoms with van der Waals surface area (Å²) < 4.78 is 52.2. The number of nitrogens with zero attached hydrogens (tertiary/aromatic N) is 4. The van der Waals surface area contributed by atoms with Crippen molar-refractivity contribution in [1.82, 2.24) is 19.5 Å². The van der Waals surface area contributed by atoms with Crippen molar-refractivity contribution in [2.75, 3.05) is 19.5 Å². The molecule has 12 heteroatoms. The molecule has 0 bridgehead atoms. The number of amides is 1. The lowest BCUT2D eigenvalue weighted by Gasteiger charge is -2.13. The fourth-order valence-corrected chi connectivity index (χ4v) is 3.53. The number of ether oxygens (including phenoxy) is 2. The Morgan fingerprint density at radius 3 is 2.67 bits per heavy atom. The number of anilines is 1. The molecule has 2 heterocycles. The van der Waals surface area contributed by atoms with Gasteiger partial charge in [0.05, 0.1) is 41.9 Å². The monoisotopic (exact) mass is 479 g/mol. The summed E-state index contributed by atoms with van der Waals surface area (Å²) in [6.45, 7) is 0. The summed E-state index contributed by atoms with van der Waals surface area (Å²) in [5, 5.41) is 3.31. The number of fused-ring (bicyclic) bond motifs is 1. The number of methoxy groups -OCH3 is 2. The van der Waals surface area contributed by atoms with Gasteiger partial charge in [-0.2, -0.15) is 13.2 Å². The summed E-state index contributed by atoms with van der Waals surface area (Å²) in [4.78, 5) is 24.4. The van der Waals surface area contributed by atoms with Gasteiger partial charge in [-0.15, -0.1) is 0 Å². The van der Waals surface area contributed by atoms with Crippen molar-refractivity contribution in [3.8, 4) is 11.6 Å². The van der Waals surface area contributed by atoms with E-state index >= 15 is 0 Å². The van der Waals surface area contributed by atoms with Gasteiger partial charge in [-0.25, -0.2) is 15.0 Å². The van der Waals surface area contributed by atoms with Crippen molar-refractivity contribution in [3.63, 3.8) is 0 Å². The van der Waals surface area contributed by atoms with Gasteiger partial charge < -0.3 is 14.8 Å². The molecule has 0 spiro atoms. The van der Waals surface area contributed by atoms with Crippen LogP contribution in [0.25, 0.3) is 18.0 Å². The van der Waals surface area contributed by atoms with Crippen LogP contribution in [0.2, 0.25) is 5.02 Å². The number of imidazole rings is 1. The molecule has 0 fully saturated rings. The van der Waals surface area contributed by atoms with Crippen LogP contribution in [0.1, 0.15) is 22.6 Å². The number of aromatic nitrogens is 4. The maximum atomic E-state index is 13.7. The van der Waals surface area contributed by atoms with E-state index in [1.165, 1.54) is 38.5 Å². The Bertz CT molecular complexity index is 1320. The predicted octanol–water partition coefficient (Wildman–Crippen LogP) is 2.58. The van der Waals surface area contributed by atoms with Crippen LogP contribution in [-0.4, -0.2) is 45.7 Å². The van der Waals surface area contributed by atoms with Gasteiger partial charge in [0.15, 0.2) is 11.6 Å². The molecular formula is C21H17ClF3N5O3. The smallest absolute Gasteiger partial charge is 0.450 e. The molecule has 3 aromatic rings. The molecule has 0 saturated heterocycles. The van der Waals surface area contributed by atoms with Crippen LogP contribution in [0.5, 0.6) is 5.75 Å². The highest BCUT2D eigenvalue weighted by Crippen LogP contribution is 2.28. The molecule has 1 aliphatic carbocycles. The van der Waals surface area contributed by atoms with E-state index in [9.17, 15) is 18.0 Å². The van der Waals surface area contributed by atoms with Crippen LogP contribution in [-0.2, 0) is 10.9 Å². The Morgan fingerprint density at radius 2 is 2.03 bits per heavy atom. The van der Waals surface area contributed by atoms with Crippen LogP contribution in [0.15, 0.2) is 30.6 Å². The van der Waals surface area contributed by atoms with Crippen LogP contribution in [0.4, 0.5) is 19.0 Å². The van der Waals surface area contributed by atoms with Crippen molar-refractivity contribution in [2.45, 2.75) is 18.7 Å². The number of nitrogens with one attached hydrogen (secondary N) is 1. The van der Waals surface area contributed by atoms with Crippen molar-refractivity contribution in [1.29, 1.82) is 0 Å². The Hall–Kier alpha value is -3.44. The van der Waals surface area contributed by atoms with E-state index in [0.29, 0.717) is 11.4 Å². The van der Waals surface area contributed by atoms with Gasteiger partial charge in [0.2, 0.25) is 5.82 Å². The Kier molecular flexibility index (Phi) is 6.09. The lowest BCUT2D eigenvalue weighted by Crippen LogP contribution is -2.35. The third-order valence-corrected chi connectivity index (χ3v) is 5.14. The molecule has 1 amide bonds. The summed E-state index contributed by atoms with van der Waals surface area (Å²) in [5.41, 5.74) is 0.202. The summed E-state index contributed by atoms with van der Waals surface area (Å²) in [5.74, 6) is -1.48. The summed E-state index contributed by atoms with van der Waals surface area (Å²) in [7, 11) is 2.87. The Balaban J connectivity index is 1.67. The van der Waals surface area contributed by atoms with Gasteiger partial charge >= 0.3 is 6.18 Å². The molecule has 33 heavy (non-hydrogen) atoms. The molecule has 0 saturated carbocycles. The zero-order valence-electron chi connectivity index (χ0n) is 17.4. The molecule has 0 aliphatic heterocycles. The first-order chi connectivity index (χ1) is 15.7. The fourth-order valence-electron chi connectivity index (χ4n) is 3.36. The molecule has 1 aliphatic rings. The van der Waals surface area contributed by atoms with Crippen LogP contribution >= 0.6 is 11.6 Å². The van der Waals surface area contributed by atoms with E-state index < -0.39 is 17.9 Å². The molecular weight excluding hydrogens is 463 g/mol. The van der Waals surface area contributed by atoms with Crippen molar-refractivity contribution in [3.05, 3.63) is 57.7 Å². The standard InChI is InChI=1S/C21H17ClF3N5O3/c1-32-12-4-6-15-14(8-12)28-20(21(23,24)25)30(15)18-10-26-17(9-27-18)29-19(31)13-5-3-11(22)7-16(13)33-2/h3,5-10,12H,4H2,1-2H3,(H,26,29,31). The van der Waals surface area contributed by atoms with Gasteiger partial charge in [-0.1, -0.05) is 17.7 Å². The van der Waals surface area contributed by atoms with Gasteiger partial charge in [0.1, 0.15) is 5.75 Å². The van der Waals surface area contributed by atoms with E-state index in [1.54, 1.807) is 6.08 Å². The molecule has 1 N–H and O–H groups in total. The third-order valence-electron chi connectivity index (χ3n) is 4.90. The Morgan fingerprint density at radius 1 is 1.24 bits per heavy atom. The zero-order chi connectivity index (χ0) is 23.8. The third kappa shape index (κ3) is 4.55. The topological polar surface area (TPSA) is 91.2 Å². The molecule has 2 aromatic heterocycles. The average molecular weight is 480 g/mol. The minimum atomic E-state index is -4.72. The minimum Gasteiger partial charge on any atom is -0.496 e. The fraction of sp³-hybridized carbons (Fsp3) is 0.238. The molecule has 1 unspecified atom stereocenters. The number of hydrogen-bond donors (Lipinski definition) is 1. The first-order valence-corrected chi connectivity index (χ1v) is 9.97. The SMILES string of the molecule is COc1cc(Cl)ccc1C(=O)Nc1cnc(-n2c(C(F)(F)F)nc3c2=CCC(OC)C=3)cn1. The molecule has 8 nitrogen and oxygen atoms in total. The second-order valence-electron chi connectivity index (χ2n) is 6.98. The van der Waals surface area contributed by atoms with Crippen LogP contribution in [0.3, 0.4) is 0 Å². The highest BCUT2D eigenvalue weighted by atomic mass is 35.5. The van der Waals surface area contributed by atoms with E-state index in [1.807, 2.05) is 0 Å². The number of rotatable bonds is 5. The maximum absolute atomic E-state index is 13.7. The van der Waals surface area contributed by atoms with Crippen molar-refractivity contribution >= 4 is 35.5 Å². The van der Waals surface area contributed by atoms with E-state index in [0.717, 1.165) is 17.0 Å². The van der Waals surface area contributed by atoms with Crippen molar-refractivity contribution in [2.24, 2.45) is 0 Å². The largest absolute Gasteiger partial charge is 0.496 e. The summed E-state index contributed by atoms with van der Waals surface area (Å²) in [6.07, 6.45) is 0.724. The first-order valence-electron chi connectivity index (χ1n) is 9.59. The second-order valence-corrected chi connectivity index (χ2v) is 7.41. The van der Waals surface area contributed by atoms with Crippen LogP contribution < -0.4 is 20.8 Å². The zero-order valence-corrected chi connectivity index (χ0v) is 18.1. The first kappa shape index (κ1) is 22.7. The number of carbonyl (C=O) groups is 1. The second kappa shape index (κ2) is 8.83. The average Bonchev–Trinajstić information content (AvgIpc) is 3.18. The molecule has 172 valence electrons. The Labute approximate surface area is 190 Å². The number of hydrogen-bond acceptors (Lipinski definition) is 6. The van der Waals surface area contributed by atoms with E-state index in [-0.39, 0.29) is 39.8 Å². The quantitative estimate of drug-likeness (QED) is 0.605. The van der Waals surface area contributed by atoms with Gasteiger partial charge in [-0.05, 0) is 30.7 Å². The maximum Gasteiger partial charge on any atom is 0.450 e. The molecule has 1 atom stereocenters. The highest BCUT2D eigenvalue weighted by molar-refractivity contribution is 6.31. The lowest BCUT2D eigenvalue weighted by atomic mass is 10.1. The molecule has 4 rings (SSSR count). The summed E-state index contributed by atoms with van der Waals surface area (Å²) in [6, 6.07) is 4.48. The highest BCUT2D eigenvalue weighted by Gasteiger charge is 2.38. The number of carbonyl (C=O) groups excluding carboxylic acids is 1. The minimum absolute atomic E-state index is 0.0401. The van der Waals surface area contributed by atoms with Gasteiger partial charge in [0, 0.05) is 12.1 Å². The predicted molar refractivity (Wildman–Crippen MR) is 114 cm³/mol. The van der Waals surface area contributed by atoms with Crippen LogP contribution in [0, 0.1) is 0 Å². The summed E-state index contributed by atoms with van der Waals surface area (Å²) >= 11 is 5.90. The van der Waals surface area contributed by atoms with Gasteiger partial charge in [-0.3, -0.25) is 9.36 Å². The van der Waals surface area contributed by atoms with Crippen molar-refractivity contribution < 1.29 is 27.4 Å². The molecule has 1 aromatic carbocycles.